The van der Waals surface area contributed by atoms with E-state index in [-0.39, 0.29) is 124 Å². The molecule has 12 bridgehead atoms. The fourth-order valence-electron chi connectivity index (χ4n) is 13.9. The van der Waals surface area contributed by atoms with Crippen LogP contribution in [0.1, 0.15) is 123 Å². The summed E-state index contributed by atoms with van der Waals surface area (Å²) in [6.07, 6.45) is 1.63. The number of benzene rings is 1. The summed E-state index contributed by atoms with van der Waals surface area (Å²) in [5.41, 5.74) is 14.3. The van der Waals surface area contributed by atoms with Crippen molar-refractivity contribution in [2.75, 3.05) is 25.5 Å². The van der Waals surface area contributed by atoms with E-state index in [2.05, 4.69) is 41.3 Å². The van der Waals surface area contributed by atoms with Crippen LogP contribution in [0.4, 0.5) is 15.3 Å². The zero-order chi connectivity index (χ0) is 57.3. The second kappa shape index (κ2) is 25.7. The third kappa shape index (κ3) is 13.8. The Hall–Kier alpha value is -4.59. The number of hydrogen-bond acceptors (Lipinski definition) is 17. The second-order valence-electron chi connectivity index (χ2n) is 24.6. The minimum absolute atomic E-state index is 0.0112. The first-order valence-corrected chi connectivity index (χ1v) is 29.6. The van der Waals surface area contributed by atoms with E-state index in [1.165, 1.54) is 0 Å². The van der Waals surface area contributed by atoms with Crippen LogP contribution < -0.4 is 32.7 Å². The van der Waals surface area contributed by atoms with Gasteiger partial charge in [-0.3, -0.25) is 14.4 Å². The average molecular weight is 1140 g/mol. The van der Waals surface area contributed by atoms with E-state index in [1.54, 1.807) is 45.2 Å². The van der Waals surface area contributed by atoms with Gasteiger partial charge in [0.25, 0.3) is 0 Å². The van der Waals surface area contributed by atoms with Crippen molar-refractivity contribution < 1.29 is 76.4 Å². The summed E-state index contributed by atoms with van der Waals surface area (Å²) in [6.45, 7) is 14.7. The number of aliphatic hydroxyl groups excluding tert-OH is 1. The van der Waals surface area contributed by atoms with E-state index in [0.29, 0.717) is 49.8 Å². The molecule has 10 saturated heterocycles. The topological polar surface area (TPSA) is 298 Å². The van der Waals surface area contributed by atoms with E-state index >= 15 is 0 Å². The monoisotopic (exact) mass is 1130 g/mol. The Balaban J connectivity index is 0.762. The first-order chi connectivity index (χ1) is 38.8. The summed E-state index contributed by atoms with van der Waals surface area (Å²) < 4.78 is 66.2. The van der Waals surface area contributed by atoms with Crippen LogP contribution in [-0.4, -0.2) is 171 Å². The molecule has 448 valence electrons. The third-order valence-corrected chi connectivity index (χ3v) is 18.4. The molecule has 10 aliphatic rings. The molecule has 1 aromatic rings. The third-order valence-electron chi connectivity index (χ3n) is 18.4. The van der Waals surface area contributed by atoms with Crippen molar-refractivity contribution in [1.29, 1.82) is 0 Å². The number of carbonyl (C=O) groups excluding carboxylic acids is 5. The standard InChI is InChI=1S/C59H86N6O16/c1-29(2)48(60)56(69)65-41(8-7-19-62-57(61)70)55(68)64-34-11-9-33(10-12-34)28-73-58(71)63-27-36(67)24-46-49(72-6)40-23-35(66)22-38-14-16-43-50(76-38)54-53-52(78-43)51-47(79-53)26-59(80-51,81-54)18-17-39-21-31(4)42(74-39)15-13-37-20-30(3)32(5)44(75-37)25-45(40)77-46/h9-12,29-30,36-54,67H,4-5,7-8,13-28,60H2,1-3,6H3,(H,63,71)(H,64,68)(H,65,69)(H3,61,62,70)/t30-,36+,37+,38-,39+,40+,41+,42?,43+,44-,45+,46-,47-,48+,49-,50+,51+,52?,53?,54+,59+/m1/s1. The van der Waals surface area contributed by atoms with Crippen LogP contribution in [0.15, 0.2) is 48.6 Å². The number of carbonyl (C=O) groups is 5. The summed E-state index contributed by atoms with van der Waals surface area (Å²) in [7, 11) is 1.59. The van der Waals surface area contributed by atoms with Crippen molar-refractivity contribution in [3.63, 3.8) is 0 Å². The molecule has 22 heteroatoms. The molecule has 21 atom stereocenters. The van der Waals surface area contributed by atoms with Gasteiger partial charge >= 0.3 is 12.1 Å². The molecule has 11 rings (SSSR count). The Bertz CT molecular complexity index is 2450. The maximum atomic E-state index is 14.5. The van der Waals surface area contributed by atoms with Gasteiger partial charge < -0.3 is 85.2 Å². The van der Waals surface area contributed by atoms with E-state index < -0.39 is 84.4 Å². The lowest BCUT2D eigenvalue weighted by atomic mass is 9.81. The normalized spacial score (nSPS) is 38.3. The lowest BCUT2D eigenvalue weighted by Gasteiger charge is -2.47. The highest BCUT2D eigenvalue weighted by Crippen LogP contribution is 2.54. The SMILES string of the molecule is C=C1C[C@@H]2CC[C@@]34C[C@H]5OC6C(O[C@H]7CC[C@H](CC(=O)C[C@@H]8[C@@H](OC)[C@@H](C[C@H](O)CNC(=O)OCc9ccc(NC(=O)[C@H](CCCNC(N)=O)NC(=O)[C@@H](N)C(C)C)cc9)O[C@H]8C[C@H]8O[C@@H](CCC1O2)C[C@@H](C)C8=C)O[C@@H]7[C@@H]6O3)[C@H]5O4. The molecule has 0 saturated carbocycles. The largest absolute Gasteiger partial charge is 0.445 e. The number of alkyl carbamates (subject to hydrolysis) is 1. The van der Waals surface area contributed by atoms with Crippen LogP contribution in [0.5, 0.6) is 0 Å². The van der Waals surface area contributed by atoms with Gasteiger partial charge in [-0.05, 0) is 98.5 Å². The van der Waals surface area contributed by atoms with Gasteiger partial charge in [-0.1, -0.05) is 46.1 Å². The summed E-state index contributed by atoms with van der Waals surface area (Å²) in [6, 6.07) is 4.17. The summed E-state index contributed by atoms with van der Waals surface area (Å²) in [4.78, 5) is 64.7. The van der Waals surface area contributed by atoms with Crippen molar-refractivity contribution in [2.24, 2.45) is 29.2 Å². The Morgan fingerprint density at radius 3 is 2.30 bits per heavy atom. The minimum Gasteiger partial charge on any atom is -0.445 e. The first-order valence-electron chi connectivity index (χ1n) is 29.6. The highest BCUT2D eigenvalue weighted by Gasteiger charge is 2.69. The molecule has 9 N–H and O–H groups in total. The number of fused-ring (bicyclic) bond motifs is 6. The molecule has 0 aliphatic carbocycles. The maximum Gasteiger partial charge on any atom is 0.407 e. The highest BCUT2D eigenvalue weighted by molar-refractivity contribution is 5.97. The van der Waals surface area contributed by atoms with Crippen molar-refractivity contribution in [3.05, 3.63) is 54.1 Å². The van der Waals surface area contributed by atoms with Crippen LogP contribution in [-0.2, 0) is 68.4 Å². The van der Waals surface area contributed by atoms with E-state index in [0.717, 1.165) is 43.3 Å². The van der Waals surface area contributed by atoms with Gasteiger partial charge in [-0.15, -0.1) is 0 Å². The van der Waals surface area contributed by atoms with Crippen molar-refractivity contribution in [1.82, 2.24) is 16.0 Å². The Morgan fingerprint density at radius 2 is 1.53 bits per heavy atom. The molecule has 0 aromatic heterocycles. The highest BCUT2D eigenvalue weighted by atomic mass is 16.8. The Kier molecular flexibility index (Phi) is 18.9. The molecular weight excluding hydrogens is 1050 g/mol. The van der Waals surface area contributed by atoms with Crippen LogP contribution in [0, 0.1) is 17.8 Å². The van der Waals surface area contributed by atoms with E-state index in [9.17, 15) is 29.1 Å². The maximum absolute atomic E-state index is 14.5. The zero-order valence-corrected chi connectivity index (χ0v) is 47.3. The van der Waals surface area contributed by atoms with Gasteiger partial charge in [0.1, 0.15) is 49.0 Å². The van der Waals surface area contributed by atoms with Gasteiger partial charge in [0.2, 0.25) is 11.8 Å². The van der Waals surface area contributed by atoms with Crippen LogP contribution in [0.25, 0.3) is 0 Å². The number of aliphatic hydroxyl groups is 1. The molecule has 22 nitrogen and oxygen atoms in total. The molecule has 0 radical (unpaired) electrons. The van der Waals surface area contributed by atoms with Crippen molar-refractivity contribution in [2.45, 2.75) is 239 Å². The lowest BCUT2D eigenvalue weighted by molar-refractivity contribution is -0.292. The predicted octanol–water partition coefficient (Wildman–Crippen LogP) is 4.26. The molecule has 81 heavy (non-hydrogen) atoms. The smallest absolute Gasteiger partial charge is 0.407 e. The number of anilines is 1. The quantitative estimate of drug-likeness (QED) is 0.0899. The summed E-state index contributed by atoms with van der Waals surface area (Å²) >= 11 is 0. The van der Waals surface area contributed by atoms with E-state index in [4.69, 9.17) is 58.8 Å². The molecule has 10 heterocycles. The van der Waals surface area contributed by atoms with Crippen LogP contribution >= 0.6 is 0 Å². The molecule has 10 fully saturated rings. The number of ether oxygens (including phenoxy) is 10. The average Bonchev–Trinajstić information content (AvgIpc) is 3.90. The van der Waals surface area contributed by atoms with Gasteiger partial charge in [0.15, 0.2) is 5.79 Å². The number of nitrogens with one attached hydrogen (secondary N) is 4. The number of primary amides is 1. The number of amides is 5. The second-order valence-corrected chi connectivity index (χ2v) is 24.6. The number of Topliss-reactive ketones (excluding diaryl/α,β-unsaturated/α-hetero) is 1. The van der Waals surface area contributed by atoms with E-state index in [1.807, 2.05) is 0 Å². The first kappa shape index (κ1) is 59.6. The van der Waals surface area contributed by atoms with Gasteiger partial charge in [-0.2, -0.15) is 0 Å². The van der Waals surface area contributed by atoms with Gasteiger partial charge in [0, 0.05) is 70.3 Å². The van der Waals surface area contributed by atoms with Crippen molar-refractivity contribution >= 4 is 35.4 Å². The van der Waals surface area contributed by atoms with Gasteiger partial charge in [0.05, 0.1) is 73.2 Å². The number of rotatable bonds is 16. The minimum atomic E-state index is -1.07. The number of ketones is 1. The predicted molar refractivity (Wildman–Crippen MR) is 292 cm³/mol. The number of urea groups is 1. The molecule has 5 amide bonds. The molecule has 10 aliphatic heterocycles. The van der Waals surface area contributed by atoms with Crippen LogP contribution in [0.2, 0.25) is 0 Å². The number of methoxy groups -OCH3 is 1. The fraction of sp³-hybridized carbons (Fsp3) is 0.746. The molecular formula is C59H86N6O16. The molecule has 3 unspecified atom stereocenters. The number of nitrogens with two attached hydrogens (primary N) is 2. The fourth-order valence-corrected chi connectivity index (χ4v) is 13.9. The summed E-state index contributed by atoms with van der Waals surface area (Å²) in [5.74, 6) is -2.16. The lowest BCUT2D eigenvalue weighted by Crippen LogP contribution is -2.61. The Labute approximate surface area is 474 Å². The zero-order valence-electron chi connectivity index (χ0n) is 47.3. The number of hydrogen-bond donors (Lipinski definition) is 7. The molecule has 1 spiro atoms. The summed E-state index contributed by atoms with van der Waals surface area (Å²) in [5, 5.41) is 22.1. The molecule has 1 aromatic carbocycles. The van der Waals surface area contributed by atoms with Crippen LogP contribution in [0.3, 0.4) is 0 Å². The van der Waals surface area contributed by atoms with Crippen molar-refractivity contribution in [3.8, 4) is 0 Å². The Morgan fingerprint density at radius 1 is 0.802 bits per heavy atom. The van der Waals surface area contributed by atoms with Gasteiger partial charge in [-0.25, -0.2) is 9.59 Å².